The first-order valence-corrected chi connectivity index (χ1v) is 8.84. The fourth-order valence-corrected chi connectivity index (χ4v) is 3.08. The zero-order chi connectivity index (χ0) is 14.8. The fraction of sp³-hybridized carbons (Fsp3) is 0.200. The second-order valence-electron chi connectivity index (χ2n) is 4.74. The van der Waals surface area contributed by atoms with Crippen LogP contribution in [0.15, 0.2) is 51.8 Å². The molecule has 2 aromatic carbocycles. The van der Waals surface area contributed by atoms with Crippen LogP contribution in [-0.4, -0.2) is 14.7 Å². The molecule has 106 valence electrons. The van der Waals surface area contributed by atoms with Crippen LogP contribution >= 0.6 is 15.9 Å². The average Bonchev–Trinajstić information content (AvgIpc) is 2.37. The van der Waals surface area contributed by atoms with Gasteiger partial charge >= 0.3 is 0 Å². The Labute approximate surface area is 128 Å². The van der Waals surface area contributed by atoms with Gasteiger partial charge in [0.25, 0.3) is 0 Å². The summed E-state index contributed by atoms with van der Waals surface area (Å²) in [7, 11) is -3.13. The Morgan fingerprint density at radius 2 is 1.75 bits per heavy atom. The molecule has 20 heavy (non-hydrogen) atoms. The van der Waals surface area contributed by atoms with Crippen LogP contribution in [-0.2, 0) is 16.4 Å². The van der Waals surface area contributed by atoms with Crippen molar-refractivity contribution in [3.8, 4) is 0 Å². The number of hydrogen-bond acceptors (Lipinski definition) is 3. The smallest absolute Gasteiger partial charge is 0.175 e. The molecule has 5 heteroatoms. The normalized spacial score (nSPS) is 11.3. The van der Waals surface area contributed by atoms with Gasteiger partial charge in [0.2, 0.25) is 0 Å². The molecule has 0 amide bonds. The molecule has 3 nitrogen and oxygen atoms in total. The number of nitrogens with one attached hydrogen (secondary N) is 1. The first-order chi connectivity index (χ1) is 9.36. The molecule has 0 aliphatic carbocycles. The van der Waals surface area contributed by atoms with Crippen molar-refractivity contribution in [1.82, 2.24) is 0 Å². The van der Waals surface area contributed by atoms with Gasteiger partial charge in [0.15, 0.2) is 9.84 Å². The Morgan fingerprint density at radius 1 is 1.10 bits per heavy atom. The maximum atomic E-state index is 11.4. The van der Waals surface area contributed by atoms with E-state index in [1.165, 1.54) is 11.8 Å². The third-order valence-electron chi connectivity index (χ3n) is 2.97. The predicted molar refractivity (Wildman–Crippen MR) is 85.8 cm³/mol. The Morgan fingerprint density at radius 3 is 2.30 bits per heavy atom. The van der Waals surface area contributed by atoms with Crippen LogP contribution in [0.1, 0.15) is 11.1 Å². The highest BCUT2D eigenvalue weighted by Crippen LogP contribution is 2.20. The molecular weight excluding hydrogens is 338 g/mol. The van der Waals surface area contributed by atoms with E-state index in [-0.39, 0.29) is 0 Å². The van der Waals surface area contributed by atoms with Gasteiger partial charge in [0.1, 0.15) is 0 Å². The summed E-state index contributed by atoms with van der Waals surface area (Å²) in [6.45, 7) is 2.73. The number of sulfone groups is 1. The van der Waals surface area contributed by atoms with Crippen LogP contribution in [0.4, 0.5) is 5.69 Å². The Hall–Kier alpha value is -1.33. The standard InChI is InChI=1S/C15H16BrNO2S/c1-11-3-4-12(15(16)9-11)10-17-13-5-7-14(8-6-13)20(2,18)19/h3-9,17H,10H2,1-2H3. The van der Waals surface area contributed by atoms with E-state index in [9.17, 15) is 8.42 Å². The summed E-state index contributed by atoms with van der Waals surface area (Å²) in [5, 5.41) is 3.28. The van der Waals surface area contributed by atoms with Gasteiger partial charge in [-0.05, 0) is 48.4 Å². The van der Waals surface area contributed by atoms with Crippen molar-refractivity contribution in [3.63, 3.8) is 0 Å². The zero-order valence-electron chi connectivity index (χ0n) is 11.4. The zero-order valence-corrected chi connectivity index (χ0v) is 13.8. The second kappa shape index (κ2) is 5.97. The number of anilines is 1. The highest BCUT2D eigenvalue weighted by atomic mass is 79.9. The summed E-state index contributed by atoms with van der Waals surface area (Å²) in [5.74, 6) is 0. The van der Waals surface area contributed by atoms with Crippen molar-refractivity contribution in [1.29, 1.82) is 0 Å². The molecule has 0 unspecified atom stereocenters. The van der Waals surface area contributed by atoms with Crippen molar-refractivity contribution in [2.45, 2.75) is 18.4 Å². The van der Waals surface area contributed by atoms with Gasteiger partial charge in [-0.1, -0.05) is 28.1 Å². The Balaban J connectivity index is 2.08. The highest BCUT2D eigenvalue weighted by molar-refractivity contribution is 9.10. The van der Waals surface area contributed by atoms with E-state index in [1.54, 1.807) is 24.3 Å². The van der Waals surface area contributed by atoms with E-state index < -0.39 is 9.84 Å². The molecule has 2 aromatic rings. The molecule has 0 fully saturated rings. The molecule has 0 saturated heterocycles. The van der Waals surface area contributed by atoms with Crippen molar-refractivity contribution < 1.29 is 8.42 Å². The van der Waals surface area contributed by atoms with Gasteiger partial charge in [0, 0.05) is 23.0 Å². The van der Waals surface area contributed by atoms with Crippen molar-refractivity contribution in [3.05, 3.63) is 58.1 Å². The molecule has 2 rings (SSSR count). The summed E-state index contributed by atoms with van der Waals surface area (Å²) in [4.78, 5) is 0.333. The molecule has 1 N–H and O–H groups in total. The van der Waals surface area contributed by atoms with Crippen molar-refractivity contribution in [2.24, 2.45) is 0 Å². The molecule has 0 aliphatic rings. The topological polar surface area (TPSA) is 46.2 Å². The number of aryl methyl sites for hydroxylation is 1. The highest BCUT2D eigenvalue weighted by Gasteiger charge is 2.06. The third-order valence-corrected chi connectivity index (χ3v) is 4.84. The summed E-state index contributed by atoms with van der Waals surface area (Å²) in [5.41, 5.74) is 3.26. The van der Waals surface area contributed by atoms with Crippen molar-refractivity contribution in [2.75, 3.05) is 11.6 Å². The third kappa shape index (κ3) is 3.84. The maximum Gasteiger partial charge on any atom is 0.175 e. The van der Waals surface area contributed by atoms with Crippen LogP contribution in [0.5, 0.6) is 0 Å². The van der Waals surface area contributed by atoms with Crippen LogP contribution in [0.2, 0.25) is 0 Å². The van der Waals surface area contributed by atoms with Crippen LogP contribution < -0.4 is 5.32 Å². The molecular formula is C15H16BrNO2S. The monoisotopic (exact) mass is 353 g/mol. The second-order valence-corrected chi connectivity index (χ2v) is 7.62. The SMILES string of the molecule is Cc1ccc(CNc2ccc(S(C)(=O)=O)cc2)c(Br)c1. The van der Waals surface area contributed by atoms with E-state index >= 15 is 0 Å². The summed E-state index contributed by atoms with van der Waals surface area (Å²) in [6, 6.07) is 13.0. The van der Waals surface area contributed by atoms with Crippen LogP contribution in [0, 0.1) is 6.92 Å². The molecule has 0 aromatic heterocycles. The number of benzene rings is 2. The predicted octanol–water partition coefficient (Wildman–Crippen LogP) is 3.77. The molecule has 0 spiro atoms. The van der Waals surface area contributed by atoms with Crippen LogP contribution in [0.3, 0.4) is 0 Å². The minimum absolute atomic E-state index is 0.333. The molecule has 0 aliphatic heterocycles. The maximum absolute atomic E-state index is 11.4. The van der Waals surface area contributed by atoms with Gasteiger partial charge in [-0.3, -0.25) is 0 Å². The number of rotatable bonds is 4. The quantitative estimate of drug-likeness (QED) is 0.909. The van der Waals surface area contributed by atoms with E-state index in [2.05, 4.69) is 39.4 Å². The van der Waals surface area contributed by atoms with E-state index in [1.807, 2.05) is 6.92 Å². The van der Waals surface area contributed by atoms with Gasteiger partial charge in [-0.25, -0.2) is 8.42 Å². The molecule has 0 saturated carbocycles. The van der Waals surface area contributed by atoms with Gasteiger partial charge in [-0.15, -0.1) is 0 Å². The van der Waals surface area contributed by atoms with Crippen LogP contribution in [0.25, 0.3) is 0 Å². The van der Waals surface area contributed by atoms with Gasteiger partial charge in [0.05, 0.1) is 4.90 Å². The lowest BCUT2D eigenvalue weighted by Gasteiger charge is -2.09. The summed E-state index contributed by atoms with van der Waals surface area (Å²) < 4.78 is 23.8. The van der Waals surface area contributed by atoms with Crippen molar-refractivity contribution >= 4 is 31.5 Å². The fourth-order valence-electron chi connectivity index (χ4n) is 1.81. The first-order valence-electron chi connectivity index (χ1n) is 6.15. The van der Waals surface area contributed by atoms with E-state index in [4.69, 9.17) is 0 Å². The Bertz CT molecular complexity index is 709. The minimum Gasteiger partial charge on any atom is -0.381 e. The number of halogens is 1. The lowest BCUT2D eigenvalue weighted by atomic mass is 10.1. The summed E-state index contributed by atoms with van der Waals surface area (Å²) >= 11 is 3.54. The molecule has 0 bridgehead atoms. The first kappa shape index (κ1) is 15.1. The van der Waals surface area contributed by atoms with Gasteiger partial charge in [-0.2, -0.15) is 0 Å². The average molecular weight is 354 g/mol. The van der Waals surface area contributed by atoms with Gasteiger partial charge < -0.3 is 5.32 Å². The lowest BCUT2D eigenvalue weighted by molar-refractivity contribution is 0.602. The largest absolute Gasteiger partial charge is 0.381 e. The lowest BCUT2D eigenvalue weighted by Crippen LogP contribution is -2.01. The van der Waals surface area contributed by atoms with E-state index in [0.717, 1.165) is 15.7 Å². The number of hydrogen-bond donors (Lipinski definition) is 1. The van der Waals surface area contributed by atoms with E-state index in [0.29, 0.717) is 11.4 Å². The molecule has 0 atom stereocenters. The Kier molecular flexibility index (Phi) is 4.50. The molecule has 0 radical (unpaired) electrons. The molecule has 0 heterocycles. The minimum atomic E-state index is -3.13. The summed E-state index contributed by atoms with van der Waals surface area (Å²) in [6.07, 6.45) is 1.21.